The van der Waals surface area contributed by atoms with Gasteiger partial charge in [-0.05, 0) is 12.1 Å². The van der Waals surface area contributed by atoms with E-state index >= 15 is 0 Å². The van der Waals surface area contributed by atoms with Gasteiger partial charge in [0.2, 0.25) is 0 Å². The zero-order chi connectivity index (χ0) is 13.0. The molecule has 1 N–H and O–H groups in total. The lowest BCUT2D eigenvalue weighted by Crippen LogP contribution is -2.45. The summed E-state index contributed by atoms with van der Waals surface area (Å²) < 4.78 is 18.1. The van der Waals surface area contributed by atoms with E-state index in [9.17, 15) is 9.18 Å². The molecular formula is C13H17FN2O2. The topological polar surface area (TPSA) is 41.6 Å². The van der Waals surface area contributed by atoms with Gasteiger partial charge in [-0.2, -0.15) is 0 Å². The first kappa shape index (κ1) is 13.0. The summed E-state index contributed by atoms with van der Waals surface area (Å²) in [4.78, 5) is 14.2. The van der Waals surface area contributed by atoms with Crippen LogP contribution in [0.4, 0.5) is 4.39 Å². The van der Waals surface area contributed by atoms with E-state index in [1.54, 1.807) is 0 Å². The minimum atomic E-state index is -0.398. The molecule has 0 spiro atoms. The van der Waals surface area contributed by atoms with E-state index in [1.807, 2.05) is 0 Å². The molecule has 0 radical (unpaired) electrons. The highest BCUT2D eigenvalue weighted by atomic mass is 19.1. The molecule has 1 fully saturated rings. The van der Waals surface area contributed by atoms with Gasteiger partial charge in [0.05, 0.1) is 19.2 Å². The van der Waals surface area contributed by atoms with Crippen LogP contribution >= 0.6 is 0 Å². The first-order valence-corrected chi connectivity index (χ1v) is 6.00. The summed E-state index contributed by atoms with van der Waals surface area (Å²) in [5, 5.41) is 3.23. The lowest BCUT2D eigenvalue weighted by Gasteiger charge is -2.26. The molecule has 1 aromatic rings. The minimum absolute atomic E-state index is 0.0336. The lowest BCUT2D eigenvalue weighted by molar-refractivity contribution is 0.0918. The molecule has 2 rings (SSSR count). The molecule has 0 bridgehead atoms. The maximum atomic E-state index is 13.0. The highest BCUT2D eigenvalue weighted by molar-refractivity contribution is 6.00. The van der Waals surface area contributed by atoms with Crippen molar-refractivity contribution in [3.63, 3.8) is 0 Å². The summed E-state index contributed by atoms with van der Waals surface area (Å²) in [5.41, 5.74) is 0.442. The predicted molar refractivity (Wildman–Crippen MR) is 66.6 cm³/mol. The van der Waals surface area contributed by atoms with Crippen molar-refractivity contribution in [3.8, 4) is 5.75 Å². The largest absolute Gasteiger partial charge is 0.496 e. The number of nitrogens with one attached hydrogen (secondary N) is 1. The van der Waals surface area contributed by atoms with Gasteiger partial charge in [-0.3, -0.25) is 9.69 Å². The Balaban J connectivity index is 2.08. The maximum absolute atomic E-state index is 13.0. The van der Waals surface area contributed by atoms with Crippen LogP contribution in [0.25, 0.3) is 0 Å². The molecule has 0 saturated carbocycles. The number of methoxy groups -OCH3 is 1. The molecule has 4 nitrogen and oxygen atoms in total. The Labute approximate surface area is 106 Å². The number of ether oxygens (including phenoxy) is 1. The molecule has 5 heteroatoms. The van der Waals surface area contributed by atoms with Crippen molar-refractivity contribution < 1.29 is 13.9 Å². The number of rotatable bonds is 4. The highest BCUT2D eigenvalue weighted by Gasteiger charge is 2.18. The zero-order valence-electron chi connectivity index (χ0n) is 10.4. The number of ketones is 1. The van der Waals surface area contributed by atoms with Crippen LogP contribution < -0.4 is 10.1 Å². The summed E-state index contributed by atoms with van der Waals surface area (Å²) in [7, 11) is 1.44. The third kappa shape index (κ3) is 3.05. The van der Waals surface area contributed by atoms with Gasteiger partial charge >= 0.3 is 0 Å². The molecule has 1 aliphatic heterocycles. The third-order valence-electron chi connectivity index (χ3n) is 3.04. The van der Waals surface area contributed by atoms with Gasteiger partial charge in [-0.15, -0.1) is 0 Å². The SMILES string of the molecule is COc1cc(F)ccc1C(=O)CN1CCNCC1. The van der Waals surface area contributed by atoms with Gasteiger partial charge < -0.3 is 10.1 Å². The van der Waals surface area contributed by atoms with Crippen molar-refractivity contribution in [1.82, 2.24) is 10.2 Å². The van der Waals surface area contributed by atoms with Crippen molar-refractivity contribution in [1.29, 1.82) is 0 Å². The van der Waals surface area contributed by atoms with Crippen LogP contribution in [0.1, 0.15) is 10.4 Å². The smallest absolute Gasteiger partial charge is 0.180 e. The second kappa shape index (κ2) is 5.93. The van der Waals surface area contributed by atoms with Crippen LogP contribution in [0, 0.1) is 5.82 Å². The van der Waals surface area contributed by atoms with Gasteiger partial charge in [0.1, 0.15) is 11.6 Å². The van der Waals surface area contributed by atoms with E-state index in [-0.39, 0.29) is 5.78 Å². The van der Waals surface area contributed by atoms with Gasteiger partial charge in [-0.1, -0.05) is 0 Å². The van der Waals surface area contributed by atoms with E-state index in [1.165, 1.54) is 25.3 Å². The van der Waals surface area contributed by atoms with Crippen LogP contribution in [-0.4, -0.2) is 50.5 Å². The Hall–Kier alpha value is -1.46. The van der Waals surface area contributed by atoms with E-state index in [2.05, 4.69) is 10.2 Å². The maximum Gasteiger partial charge on any atom is 0.180 e. The van der Waals surface area contributed by atoms with Crippen molar-refractivity contribution >= 4 is 5.78 Å². The quantitative estimate of drug-likeness (QED) is 0.809. The molecule has 0 atom stereocenters. The van der Waals surface area contributed by atoms with E-state index in [0.717, 1.165) is 26.2 Å². The van der Waals surface area contributed by atoms with Crippen molar-refractivity contribution in [2.45, 2.75) is 0 Å². The fourth-order valence-corrected chi connectivity index (χ4v) is 2.05. The van der Waals surface area contributed by atoms with Crippen molar-refractivity contribution in [2.75, 3.05) is 39.8 Å². The Kier molecular flexibility index (Phi) is 4.28. The average molecular weight is 252 g/mol. The molecule has 1 saturated heterocycles. The molecule has 0 aromatic heterocycles. The monoisotopic (exact) mass is 252 g/mol. The number of carbonyl (C=O) groups is 1. The Morgan fingerprint density at radius 3 is 2.83 bits per heavy atom. The molecule has 1 aliphatic rings. The summed E-state index contributed by atoms with van der Waals surface area (Å²) in [6.45, 7) is 3.86. The van der Waals surface area contributed by atoms with Gasteiger partial charge in [0.25, 0.3) is 0 Å². The number of hydrogen-bond donors (Lipinski definition) is 1. The molecule has 18 heavy (non-hydrogen) atoms. The van der Waals surface area contributed by atoms with Gasteiger partial charge in [0.15, 0.2) is 5.78 Å². The number of Topliss-reactive ketones (excluding diaryl/α,β-unsaturated/α-hetero) is 1. The zero-order valence-corrected chi connectivity index (χ0v) is 10.4. The lowest BCUT2D eigenvalue weighted by atomic mass is 10.1. The van der Waals surface area contributed by atoms with Gasteiger partial charge in [-0.25, -0.2) is 4.39 Å². The van der Waals surface area contributed by atoms with E-state index in [4.69, 9.17) is 4.74 Å². The number of carbonyl (C=O) groups excluding carboxylic acids is 1. The van der Waals surface area contributed by atoms with Gasteiger partial charge in [0, 0.05) is 32.2 Å². The fourth-order valence-electron chi connectivity index (χ4n) is 2.05. The van der Waals surface area contributed by atoms with Crippen LogP contribution in [-0.2, 0) is 0 Å². The molecular weight excluding hydrogens is 235 g/mol. The number of hydrogen-bond acceptors (Lipinski definition) is 4. The van der Waals surface area contributed by atoms with Crippen LogP contribution in [0.15, 0.2) is 18.2 Å². The first-order chi connectivity index (χ1) is 8.70. The van der Waals surface area contributed by atoms with Crippen molar-refractivity contribution in [3.05, 3.63) is 29.6 Å². The van der Waals surface area contributed by atoms with Crippen LogP contribution in [0.2, 0.25) is 0 Å². The second-order valence-corrected chi connectivity index (χ2v) is 4.29. The minimum Gasteiger partial charge on any atom is -0.496 e. The van der Waals surface area contributed by atoms with Crippen molar-refractivity contribution in [2.24, 2.45) is 0 Å². The number of nitrogens with zero attached hydrogens (tertiary/aromatic N) is 1. The first-order valence-electron chi connectivity index (χ1n) is 6.00. The van der Waals surface area contributed by atoms with E-state index < -0.39 is 5.82 Å². The molecule has 0 amide bonds. The Morgan fingerprint density at radius 1 is 1.44 bits per heavy atom. The third-order valence-corrected chi connectivity index (χ3v) is 3.04. The standard InChI is InChI=1S/C13H17FN2O2/c1-18-13-8-10(14)2-3-11(13)12(17)9-16-6-4-15-5-7-16/h2-3,8,15H,4-7,9H2,1H3. The highest BCUT2D eigenvalue weighted by Crippen LogP contribution is 2.20. The second-order valence-electron chi connectivity index (χ2n) is 4.29. The summed E-state index contributed by atoms with van der Waals surface area (Å²) >= 11 is 0. The molecule has 1 aromatic carbocycles. The van der Waals surface area contributed by atoms with E-state index in [0.29, 0.717) is 17.9 Å². The molecule has 1 heterocycles. The number of halogens is 1. The predicted octanol–water partition coefficient (Wildman–Crippen LogP) is 0.922. The number of benzene rings is 1. The Morgan fingerprint density at radius 2 is 2.17 bits per heavy atom. The summed E-state index contributed by atoms with van der Waals surface area (Å²) in [5.74, 6) is -0.130. The molecule has 0 unspecified atom stereocenters. The fraction of sp³-hybridized carbons (Fsp3) is 0.462. The number of piperazine rings is 1. The molecule has 0 aliphatic carbocycles. The summed E-state index contributed by atoms with van der Waals surface area (Å²) in [6, 6.07) is 4.01. The normalized spacial score (nSPS) is 16.6. The Bertz CT molecular complexity index is 431. The van der Waals surface area contributed by atoms with Crippen LogP contribution in [0.3, 0.4) is 0 Å². The van der Waals surface area contributed by atoms with Crippen LogP contribution in [0.5, 0.6) is 5.75 Å². The molecule has 98 valence electrons. The average Bonchev–Trinajstić information content (AvgIpc) is 2.39. The summed E-state index contributed by atoms with van der Waals surface area (Å²) in [6.07, 6.45) is 0.